The van der Waals surface area contributed by atoms with Crippen molar-refractivity contribution in [1.82, 2.24) is 6.15 Å². The summed E-state index contributed by atoms with van der Waals surface area (Å²) in [7, 11) is -8.84. The summed E-state index contributed by atoms with van der Waals surface area (Å²) in [5.74, 6) is 1.15. The smallest absolute Gasteiger partial charge is 0.726 e. The van der Waals surface area contributed by atoms with Gasteiger partial charge >= 0.3 is 40.0 Å². The van der Waals surface area contributed by atoms with Gasteiger partial charge in [-0.15, -0.1) is 0 Å². The van der Waals surface area contributed by atoms with Crippen molar-refractivity contribution in [1.29, 1.82) is 0 Å². The predicted octanol–water partition coefficient (Wildman–Crippen LogP) is 3.06. The second-order valence-corrected chi connectivity index (χ2v) is 11.0. The van der Waals surface area contributed by atoms with Gasteiger partial charge in [0.1, 0.15) is 0 Å². The van der Waals surface area contributed by atoms with Crippen molar-refractivity contribution < 1.29 is 63.9 Å². The SMILES string of the molecule is CCCCC(CC)CCC(CC(C)C)OS(=O)(=O)[O-].CCCCC(CC)COS(=O)(=O)O.N.[Na+]. The van der Waals surface area contributed by atoms with Gasteiger partial charge < -0.3 is 10.7 Å². The summed E-state index contributed by atoms with van der Waals surface area (Å²) in [6.07, 6.45) is 10.4. The summed E-state index contributed by atoms with van der Waals surface area (Å²) in [4.78, 5) is 0. The van der Waals surface area contributed by atoms with Crippen LogP contribution < -0.4 is 35.7 Å². The number of hydrogen-bond acceptors (Lipinski definition) is 8. The molecule has 3 atom stereocenters. The van der Waals surface area contributed by atoms with E-state index in [1.807, 2.05) is 20.8 Å². The molecule has 0 aliphatic carbocycles. The maximum absolute atomic E-state index is 10.7. The van der Waals surface area contributed by atoms with Gasteiger partial charge in [0.2, 0.25) is 10.4 Å². The standard InChI is InChI=1S/C14H30O4S.C8H18O4S.H3N.Na/c1-5-7-8-13(6-2)9-10-14(11-12(3)4)18-19(15,16)17;1-3-5-6-8(4-2)7-12-13(9,10)11;;/h12-14H,5-11H2,1-4H3,(H,15,16,17);8H,3-7H2,1-2H3,(H,9,10,11);1H3;/q;;;+1/p-1. The van der Waals surface area contributed by atoms with Gasteiger partial charge in [-0.1, -0.05) is 86.5 Å². The van der Waals surface area contributed by atoms with Crippen LogP contribution in [0.5, 0.6) is 0 Å². The van der Waals surface area contributed by atoms with Crippen molar-refractivity contribution in [3.63, 3.8) is 0 Å². The fourth-order valence-corrected chi connectivity index (χ4v) is 4.32. The van der Waals surface area contributed by atoms with Gasteiger partial charge in [0.25, 0.3) is 0 Å². The van der Waals surface area contributed by atoms with Crippen LogP contribution in [0.4, 0.5) is 0 Å². The van der Waals surface area contributed by atoms with Crippen molar-refractivity contribution >= 4 is 20.8 Å². The molecule has 0 fully saturated rings. The van der Waals surface area contributed by atoms with Gasteiger partial charge in [-0.05, 0) is 43.4 Å². The van der Waals surface area contributed by atoms with Crippen molar-refractivity contribution in [3.8, 4) is 0 Å². The average Bonchev–Trinajstić information content (AvgIpc) is 2.66. The fraction of sp³-hybridized carbons (Fsp3) is 1.00. The van der Waals surface area contributed by atoms with E-state index in [0.717, 1.165) is 38.5 Å². The molecule has 4 N–H and O–H groups in total. The molecule has 0 bridgehead atoms. The van der Waals surface area contributed by atoms with Gasteiger partial charge in [0, 0.05) is 0 Å². The zero-order chi connectivity index (χ0) is 25.2. The van der Waals surface area contributed by atoms with Crippen LogP contribution in [0.25, 0.3) is 0 Å². The first-order valence-electron chi connectivity index (χ1n) is 12.0. The summed E-state index contributed by atoms with van der Waals surface area (Å²) in [5.41, 5.74) is 0. The number of rotatable bonds is 18. The van der Waals surface area contributed by atoms with E-state index in [1.165, 1.54) is 19.3 Å². The van der Waals surface area contributed by atoms with Gasteiger partial charge in [-0.3, -0.25) is 8.74 Å². The Bertz CT molecular complexity index is 645. The van der Waals surface area contributed by atoms with Gasteiger partial charge in [0.05, 0.1) is 12.7 Å². The molecule has 0 radical (unpaired) electrons. The first-order valence-corrected chi connectivity index (χ1v) is 14.7. The van der Waals surface area contributed by atoms with E-state index in [1.54, 1.807) is 0 Å². The second kappa shape index (κ2) is 24.1. The monoisotopic (exact) mass is 543 g/mol. The molecule has 0 aliphatic rings. The van der Waals surface area contributed by atoms with Crippen LogP contribution in [-0.4, -0.2) is 38.7 Å². The molecule has 204 valence electrons. The molecule has 0 heterocycles. The van der Waals surface area contributed by atoms with Crippen LogP contribution >= 0.6 is 0 Å². The van der Waals surface area contributed by atoms with E-state index >= 15 is 0 Å². The maximum Gasteiger partial charge on any atom is 1.00 e. The van der Waals surface area contributed by atoms with Crippen molar-refractivity contribution in [2.24, 2.45) is 17.8 Å². The van der Waals surface area contributed by atoms with E-state index in [2.05, 4.69) is 29.1 Å². The molecule has 0 aromatic carbocycles. The molecule has 0 amide bonds. The Morgan fingerprint density at radius 3 is 1.65 bits per heavy atom. The third kappa shape index (κ3) is 30.7. The molecule has 12 heteroatoms. The number of unbranched alkanes of at least 4 members (excludes halogenated alkanes) is 2. The van der Waals surface area contributed by atoms with E-state index in [4.69, 9.17) is 4.55 Å². The van der Waals surface area contributed by atoms with Crippen molar-refractivity contribution in [3.05, 3.63) is 0 Å². The van der Waals surface area contributed by atoms with Gasteiger partial charge in [-0.25, -0.2) is 12.6 Å². The largest absolute Gasteiger partial charge is 1.00 e. The summed E-state index contributed by atoms with van der Waals surface area (Å²) in [6.45, 7) is 12.5. The fourth-order valence-electron chi connectivity index (χ4n) is 3.44. The molecule has 34 heavy (non-hydrogen) atoms. The molecular weight excluding hydrogens is 493 g/mol. The Morgan fingerprint density at radius 1 is 0.824 bits per heavy atom. The summed E-state index contributed by atoms with van der Waals surface area (Å²) >= 11 is 0. The summed E-state index contributed by atoms with van der Waals surface area (Å²) < 4.78 is 70.0. The van der Waals surface area contributed by atoms with Crippen molar-refractivity contribution in [2.45, 2.75) is 118 Å². The molecule has 0 aliphatic heterocycles. The number of hydrogen-bond donors (Lipinski definition) is 2. The first kappa shape index (κ1) is 41.8. The molecule has 9 nitrogen and oxygen atoms in total. The van der Waals surface area contributed by atoms with Crippen molar-refractivity contribution in [2.75, 3.05) is 6.61 Å². The van der Waals surface area contributed by atoms with Crippen LogP contribution in [0.2, 0.25) is 0 Å². The zero-order valence-electron chi connectivity index (χ0n) is 22.6. The summed E-state index contributed by atoms with van der Waals surface area (Å²) in [5, 5.41) is 0. The van der Waals surface area contributed by atoms with Crippen LogP contribution in [0, 0.1) is 17.8 Å². The Morgan fingerprint density at radius 2 is 1.29 bits per heavy atom. The minimum absolute atomic E-state index is 0. The molecule has 0 aromatic rings. The van der Waals surface area contributed by atoms with Gasteiger partial charge in [-0.2, -0.15) is 8.42 Å². The Kier molecular flexibility index (Phi) is 29.6. The molecule has 0 spiro atoms. The topological polar surface area (TPSA) is 165 Å². The first-order chi connectivity index (χ1) is 14.8. The van der Waals surface area contributed by atoms with E-state index < -0.39 is 26.9 Å². The Hall–Kier alpha value is 0.700. The zero-order valence-corrected chi connectivity index (χ0v) is 26.3. The minimum Gasteiger partial charge on any atom is -0.726 e. The van der Waals surface area contributed by atoms with Crippen LogP contribution in [0.15, 0.2) is 0 Å². The minimum atomic E-state index is -4.59. The van der Waals surface area contributed by atoms with E-state index in [9.17, 15) is 21.4 Å². The maximum atomic E-state index is 10.7. The predicted molar refractivity (Wildman–Crippen MR) is 132 cm³/mol. The second-order valence-electron chi connectivity index (χ2n) is 8.88. The average molecular weight is 544 g/mol. The molecule has 0 saturated carbocycles. The molecular formula is C22H50NNaO8S2. The molecule has 3 unspecified atom stereocenters. The summed E-state index contributed by atoms with van der Waals surface area (Å²) in [6, 6.07) is 0. The van der Waals surface area contributed by atoms with E-state index in [0.29, 0.717) is 24.7 Å². The van der Waals surface area contributed by atoms with Crippen LogP contribution in [0.3, 0.4) is 0 Å². The normalized spacial score (nSPS) is 14.3. The van der Waals surface area contributed by atoms with Crippen LogP contribution in [-0.2, 0) is 29.2 Å². The third-order valence-corrected chi connectivity index (χ3v) is 6.37. The van der Waals surface area contributed by atoms with Gasteiger partial charge in [0.15, 0.2) is 0 Å². The Labute approximate surface area is 232 Å². The molecule has 0 aromatic heterocycles. The molecule has 0 saturated heterocycles. The quantitative estimate of drug-likeness (QED) is 0.150. The Balaban J connectivity index is -0.000000266. The third-order valence-electron chi connectivity index (χ3n) is 5.42. The molecule has 0 rings (SSSR count). The van der Waals surface area contributed by atoms with Crippen LogP contribution in [0.1, 0.15) is 112 Å². The van der Waals surface area contributed by atoms with E-state index in [-0.39, 0.29) is 48.2 Å².